The van der Waals surface area contributed by atoms with Crippen LogP contribution in [0.15, 0.2) is 25.3 Å². The highest BCUT2D eigenvalue weighted by atomic mass is 16.5. The molecule has 0 aliphatic carbocycles. The number of rotatable bonds is 5. The lowest BCUT2D eigenvalue weighted by Gasteiger charge is -2.27. The molecule has 1 saturated heterocycles. The van der Waals surface area contributed by atoms with Gasteiger partial charge in [-0.3, -0.25) is 4.90 Å². The second-order valence-corrected chi connectivity index (χ2v) is 3.30. The molecule has 1 heterocycles. The summed E-state index contributed by atoms with van der Waals surface area (Å²) < 4.78 is 5.31. The van der Waals surface area contributed by atoms with Crippen molar-refractivity contribution in [3.8, 4) is 0 Å². The van der Waals surface area contributed by atoms with Crippen LogP contribution in [-0.4, -0.2) is 43.3 Å². The number of hydrogen-bond donors (Lipinski definition) is 1. The van der Waals surface area contributed by atoms with Crippen LogP contribution in [-0.2, 0) is 4.74 Å². The van der Waals surface area contributed by atoms with E-state index in [0.29, 0.717) is 12.6 Å². The Bertz CT molecular complexity index is 172. The highest BCUT2D eigenvalue weighted by Crippen LogP contribution is 2.11. The smallest absolute Gasteiger partial charge is 0.0638 e. The number of ether oxygens (including phenoxy) is 1. The molecule has 0 saturated carbocycles. The minimum absolute atomic E-state index is 0.125. The largest absolute Gasteiger partial charge is 0.378 e. The Morgan fingerprint density at radius 2 is 1.92 bits per heavy atom. The molecule has 1 aliphatic heterocycles. The summed E-state index contributed by atoms with van der Waals surface area (Å²) >= 11 is 0. The number of nitrogens with two attached hydrogens (primary N) is 1. The Morgan fingerprint density at radius 3 is 2.31 bits per heavy atom. The summed E-state index contributed by atoms with van der Waals surface area (Å²) in [6.07, 6.45) is 3.77. The highest BCUT2D eigenvalue weighted by Gasteiger charge is 2.28. The minimum Gasteiger partial charge on any atom is -0.378 e. The molecule has 74 valence electrons. The van der Waals surface area contributed by atoms with Crippen molar-refractivity contribution in [2.45, 2.75) is 12.1 Å². The van der Waals surface area contributed by atoms with Gasteiger partial charge in [-0.25, -0.2) is 0 Å². The average molecular weight is 182 g/mol. The quantitative estimate of drug-likeness (QED) is 0.625. The standard InChI is InChI=1S/C10H18N2O/c1-3-5-12(6-4-2)10-8-13-7-9(10)11/h3-4,9-10H,1-2,5-8,11H2. The summed E-state index contributed by atoms with van der Waals surface area (Å²) in [4.78, 5) is 2.23. The maximum absolute atomic E-state index is 5.91. The van der Waals surface area contributed by atoms with Gasteiger partial charge in [0.1, 0.15) is 0 Å². The molecule has 2 unspecified atom stereocenters. The fourth-order valence-corrected chi connectivity index (χ4v) is 1.61. The summed E-state index contributed by atoms with van der Waals surface area (Å²) in [7, 11) is 0. The molecule has 0 aromatic heterocycles. The first-order valence-corrected chi connectivity index (χ1v) is 4.58. The van der Waals surface area contributed by atoms with Crippen LogP contribution < -0.4 is 5.73 Å². The van der Waals surface area contributed by atoms with E-state index in [9.17, 15) is 0 Å². The van der Waals surface area contributed by atoms with Gasteiger partial charge in [-0.1, -0.05) is 12.2 Å². The van der Waals surface area contributed by atoms with Crippen molar-refractivity contribution in [2.24, 2.45) is 5.73 Å². The SMILES string of the molecule is C=CCN(CC=C)C1COCC1N. The molecule has 0 bridgehead atoms. The van der Waals surface area contributed by atoms with Crippen LogP contribution in [0.25, 0.3) is 0 Å². The van der Waals surface area contributed by atoms with Crippen LogP contribution in [0.3, 0.4) is 0 Å². The van der Waals surface area contributed by atoms with Gasteiger partial charge in [0.2, 0.25) is 0 Å². The van der Waals surface area contributed by atoms with E-state index in [1.807, 2.05) is 12.2 Å². The van der Waals surface area contributed by atoms with Gasteiger partial charge in [-0.05, 0) is 0 Å². The van der Waals surface area contributed by atoms with Crippen molar-refractivity contribution < 1.29 is 4.74 Å². The van der Waals surface area contributed by atoms with Gasteiger partial charge >= 0.3 is 0 Å². The van der Waals surface area contributed by atoms with E-state index in [1.54, 1.807) is 0 Å². The lowest BCUT2D eigenvalue weighted by Crippen LogP contribution is -2.47. The van der Waals surface area contributed by atoms with Gasteiger partial charge in [0.15, 0.2) is 0 Å². The first-order chi connectivity index (χ1) is 6.29. The monoisotopic (exact) mass is 182 g/mol. The Kier molecular flexibility index (Phi) is 4.15. The van der Waals surface area contributed by atoms with Gasteiger partial charge < -0.3 is 10.5 Å². The summed E-state index contributed by atoms with van der Waals surface area (Å²) in [6.45, 7) is 10.5. The van der Waals surface area contributed by atoms with Crippen LogP contribution in [0.2, 0.25) is 0 Å². The molecule has 0 aromatic carbocycles. The summed E-state index contributed by atoms with van der Waals surface area (Å²) in [5, 5.41) is 0. The molecule has 0 aromatic rings. The molecule has 0 spiro atoms. The Morgan fingerprint density at radius 1 is 1.31 bits per heavy atom. The van der Waals surface area contributed by atoms with E-state index in [1.165, 1.54) is 0 Å². The van der Waals surface area contributed by atoms with Crippen molar-refractivity contribution >= 4 is 0 Å². The second-order valence-electron chi connectivity index (χ2n) is 3.30. The van der Waals surface area contributed by atoms with Crippen molar-refractivity contribution in [1.29, 1.82) is 0 Å². The van der Waals surface area contributed by atoms with E-state index < -0.39 is 0 Å². The van der Waals surface area contributed by atoms with Gasteiger partial charge in [-0.15, -0.1) is 13.2 Å². The zero-order valence-electron chi connectivity index (χ0n) is 7.98. The zero-order chi connectivity index (χ0) is 9.68. The topological polar surface area (TPSA) is 38.5 Å². The summed E-state index contributed by atoms with van der Waals surface area (Å²) in [5.74, 6) is 0. The lowest BCUT2D eigenvalue weighted by atomic mass is 10.1. The lowest BCUT2D eigenvalue weighted by molar-refractivity contribution is 0.158. The average Bonchev–Trinajstić information content (AvgIpc) is 2.51. The number of hydrogen-bond acceptors (Lipinski definition) is 3. The van der Waals surface area contributed by atoms with Gasteiger partial charge in [-0.2, -0.15) is 0 Å². The molecule has 1 fully saturated rings. The molecule has 1 aliphatic rings. The normalized spacial score (nSPS) is 27.8. The molecular formula is C10H18N2O. The predicted octanol–water partition coefficient (Wildman–Crippen LogP) is 0.386. The zero-order valence-corrected chi connectivity index (χ0v) is 7.98. The number of nitrogens with zero attached hydrogens (tertiary/aromatic N) is 1. The molecule has 2 N–H and O–H groups in total. The van der Waals surface area contributed by atoms with E-state index in [-0.39, 0.29) is 6.04 Å². The molecule has 0 amide bonds. The summed E-state index contributed by atoms with van der Waals surface area (Å²) in [5.41, 5.74) is 5.91. The maximum Gasteiger partial charge on any atom is 0.0638 e. The molecule has 3 nitrogen and oxygen atoms in total. The Balaban J connectivity index is 2.51. The molecular weight excluding hydrogens is 164 g/mol. The fourth-order valence-electron chi connectivity index (χ4n) is 1.61. The van der Waals surface area contributed by atoms with Crippen molar-refractivity contribution in [3.63, 3.8) is 0 Å². The van der Waals surface area contributed by atoms with Gasteiger partial charge in [0.05, 0.1) is 19.3 Å². The van der Waals surface area contributed by atoms with Crippen molar-refractivity contribution in [1.82, 2.24) is 4.90 Å². The van der Waals surface area contributed by atoms with Crippen LogP contribution >= 0.6 is 0 Å². The molecule has 2 atom stereocenters. The maximum atomic E-state index is 5.91. The predicted molar refractivity (Wildman–Crippen MR) is 54.5 cm³/mol. The van der Waals surface area contributed by atoms with E-state index >= 15 is 0 Å². The first-order valence-electron chi connectivity index (χ1n) is 4.58. The Hall–Kier alpha value is -0.640. The summed E-state index contributed by atoms with van der Waals surface area (Å²) in [6, 6.07) is 0.441. The van der Waals surface area contributed by atoms with E-state index in [0.717, 1.165) is 19.7 Å². The second kappa shape index (κ2) is 5.17. The van der Waals surface area contributed by atoms with E-state index in [4.69, 9.17) is 10.5 Å². The molecule has 3 heteroatoms. The van der Waals surface area contributed by atoms with Crippen LogP contribution in [0.5, 0.6) is 0 Å². The van der Waals surface area contributed by atoms with Crippen molar-refractivity contribution in [3.05, 3.63) is 25.3 Å². The highest BCUT2D eigenvalue weighted by molar-refractivity contribution is 4.92. The molecule has 1 rings (SSSR count). The van der Waals surface area contributed by atoms with Crippen LogP contribution in [0.4, 0.5) is 0 Å². The first kappa shape index (κ1) is 10.4. The third kappa shape index (κ3) is 2.66. The fraction of sp³-hybridized carbons (Fsp3) is 0.600. The van der Waals surface area contributed by atoms with Gasteiger partial charge in [0.25, 0.3) is 0 Å². The molecule has 13 heavy (non-hydrogen) atoms. The molecule has 0 radical (unpaired) electrons. The van der Waals surface area contributed by atoms with Crippen molar-refractivity contribution in [2.75, 3.05) is 26.3 Å². The van der Waals surface area contributed by atoms with Crippen LogP contribution in [0, 0.1) is 0 Å². The third-order valence-electron chi connectivity index (χ3n) is 2.29. The van der Waals surface area contributed by atoms with Gasteiger partial charge in [0, 0.05) is 19.1 Å². The minimum atomic E-state index is 0.125. The van der Waals surface area contributed by atoms with E-state index in [2.05, 4.69) is 18.1 Å². The Labute approximate surface area is 79.9 Å². The van der Waals surface area contributed by atoms with Crippen LogP contribution in [0.1, 0.15) is 0 Å². The third-order valence-corrected chi connectivity index (χ3v) is 2.29.